The molecule has 15 heavy (non-hydrogen) atoms. The molecular formula is C14H18O. The van der Waals surface area contributed by atoms with Gasteiger partial charge in [0.25, 0.3) is 0 Å². The van der Waals surface area contributed by atoms with Gasteiger partial charge in [-0.15, -0.1) is 12.3 Å². The highest BCUT2D eigenvalue weighted by Gasteiger charge is 2.05. The van der Waals surface area contributed by atoms with Crippen LogP contribution in [0, 0.1) is 12.3 Å². The van der Waals surface area contributed by atoms with Crippen molar-refractivity contribution >= 4 is 0 Å². The van der Waals surface area contributed by atoms with Crippen LogP contribution in [0.2, 0.25) is 0 Å². The number of aliphatic hydroxyl groups is 1. The monoisotopic (exact) mass is 202 g/mol. The first-order valence-electron chi connectivity index (χ1n) is 5.48. The van der Waals surface area contributed by atoms with Crippen LogP contribution in [-0.4, -0.2) is 5.11 Å². The Bertz CT molecular complexity index is 318. The van der Waals surface area contributed by atoms with Gasteiger partial charge in [-0.1, -0.05) is 31.2 Å². The maximum atomic E-state index is 9.84. The molecule has 0 fully saturated rings. The molecule has 0 aliphatic heterocycles. The van der Waals surface area contributed by atoms with Gasteiger partial charge in [0.05, 0.1) is 6.10 Å². The minimum absolute atomic E-state index is 0.371. The third-order valence-corrected chi connectivity index (χ3v) is 2.57. The second-order valence-electron chi connectivity index (χ2n) is 3.71. The molecule has 1 aromatic rings. The van der Waals surface area contributed by atoms with Gasteiger partial charge in [-0.05, 0) is 30.4 Å². The Labute approximate surface area is 92.1 Å². The van der Waals surface area contributed by atoms with Gasteiger partial charge in [-0.25, -0.2) is 0 Å². The minimum atomic E-state index is -0.371. The molecule has 1 N–H and O–H groups in total. The van der Waals surface area contributed by atoms with Crippen LogP contribution in [-0.2, 0) is 6.42 Å². The van der Waals surface area contributed by atoms with Gasteiger partial charge in [0.2, 0.25) is 0 Å². The molecule has 1 nitrogen and oxygen atoms in total. The second kappa shape index (κ2) is 6.27. The van der Waals surface area contributed by atoms with E-state index in [2.05, 4.69) is 25.0 Å². The van der Waals surface area contributed by atoms with Gasteiger partial charge in [-0.3, -0.25) is 0 Å². The number of terminal acetylenes is 1. The topological polar surface area (TPSA) is 20.2 Å². The Kier molecular flexibility index (Phi) is 4.93. The van der Waals surface area contributed by atoms with Crippen molar-refractivity contribution in [3.05, 3.63) is 35.4 Å². The molecule has 0 amide bonds. The molecule has 1 rings (SSSR count). The first-order chi connectivity index (χ1) is 7.27. The Balaban J connectivity index is 2.51. The van der Waals surface area contributed by atoms with Crippen molar-refractivity contribution in [2.75, 3.05) is 0 Å². The first-order valence-corrected chi connectivity index (χ1v) is 5.48. The van der Waals surface area contributed by atoms with Crippen LogP contribution < -0.4 is 0 Å². The molecule has 0 saturated carbocycles. The lowest BCUT2D eigenvalue weighted by atomic mass is 10.0. The van der Waals surface area contributed by atoms with Gasteiger partial charge in [0.15, 0.2) is 0 Å². The summed E-state index contributed by atoms with van der Waals surface area (Å²) in [6, 6.07) is 8.14. The van der Waals surface area contributed by atoms with E-state index >= 15 is 0 Å². The standard InChI is InChI=1S/C14H18O/c1-3-5-6-7-14(15)13-10-8-12(4-2)9-11-13/h1,8-11,14-15H,4-7H2,2H3. The first kappa shape index (κ1) is 11.8. The molecule has 80 valence electrons. The fourth-order valence-corrected chi connectivity index (χ4v) is 1.54. The van der Waals surface area contributed by atoms with Crippen LogP contribution in [0.4, 0.5) is 0 Å². The molecule has 1 heteroatoms. The molecule has 0 aliphatic rings. The summed E-state index contributed by atoms with van der Waals surface area (Å²) >= 11 is 0. The van der Waals surface area contributed by atoms with Gasteiger partial charge >= 0.3 is 0 Å². The van der Waals surface area contributed by atoms with Gasteiger partial charge in [0.1, 0.15) is 0 Å². The molecule has 0 spiro atoms. The van der Waals surface area contributed by atoms with Crippen LogP contribution in [0.5, 0.6) is 0 Å². The SMILES string of the molecule is C#CCCCC(O)c1ccc(CC)cc1. The number of hydrogen-bond acceptors (Lipinski definition) is 1. The molecule has 0 saturated heterocycles. The maximum Gasteiger partial charge on any atom is 0.0790 e. The summed E-state index contributed by atoms with van der Waals surface area (Å²) in [4.78, 5) is 0. The van der Waals surface area contributed by atoms with Crippen molar-refractivity contribution in [1.82, 2.24) is 0 Å². The quantitative estimate of drug-likeness (QED) is 0.574. The molecule has 0 aromatic heterocycles. The van der Waals surface area contributed by atoms with E-state index in [1.54, 1.807) is 0 Å². The molecule has 0 heterocycles. The summed E-state index contributed by atoms with van der Waals surface area (Å²) in [5.74, 6) is 2.58. The predicted octanol–water partition coefficient (Wildman–Crippen LogP) is 3.09. The van der Waals surface area contributed by atoms with Crippen LogP contribution in [0.1, 0.15) is 43.4 Å². The number of hydrogen-bond donors (Lipinski definition) is 1. The normalized spacial score (nSPS) is 12.1. The second-order valence-corrected chi connectivity index (χ2v) is 3.71. The van der Waals surface area contributed by atoms with E-state index in [0.29, 0.717) is 0 Å². The Hall–Kier alpha value is -1.26. The molecule has 0 radical (unpaired) electrons. The maximum absolute atomic E-state index is 9.84. The third kappa shape index (κ3) is 3.77. The number of aryl methyl sites for hydroxylation is 1. The van der Waals surface area contributed by atoms with Crippen molar-refractivity contribution in [2.45, 2.75) is 38.7 Å². The largest absolute Gasteiger partial charge is 0.388 e. The van der Waals surface area contributed by atoms with Crippen LogP contribution in [0.25, 0.3) is 0 Å². The van der Waals surface area contributed by atoms with Crippen molar-refractivity contribution in [3.63, 3.8) is 0 Å². The average molecular weight is 202 g/mol. The summed E-state index contributed by atoms with van der Waals surface area (Å²) < 4.78 is 0. The van der Waals surface area contributed by atoms with Crippen LogP contribution in [0.15, 0.2) is 24.3 Å². The lowest BCUT2D eigenvalue weighted by Gasteiger charge is -2.10. The van der Waals surface area contributed by atoms with Crippen molar-refractivity contribution < 1.29 is 5.11 Å². The summed E-state index contributed by atoms with van der Waals surface area (Å²) in [5, 5.41) is 9.84. The molecule has 1 unspecified atom stereocenters. The summed E-state index contributed by atoms with van der Waals surface area (Å²) in [6.45, 7) is 2.12. The zero-order valence-electron chi connectivity index (χ0n) is 9.24. The number of rotatable bonds is 5. The van der Waals surface area contributed by atoms with Gasteiger partial charge in [0, 0.05) is 6.42 Å². The smallest absolute Gasteiger partial charge is 0.0790 e. The van der Waals surface area contributed by atoms with Crippen LogP contribution in [0.3, 0.4) is 0 Å². The Morgan fingerprint density at radius 3 is 2.53 bits per heavy atom. The number of aliphatic hydroxyl groups excluding tert-OH is 1. The molecule has 1 aromatic carbocycles. The average Bonchev–Trinajstić information content (AvgIpc) is 2.29. The third-order valence-electron chi connectivity index (χ3n) is 2.57. The van der Waals surface area contributed by atoms with Gasteiger partial charge < -0.3 is 5.11 Å². The number of benzene rings is 1. The molecule has 0 aliphatic carbocycles. The van der Waals surface area contributed by atoms with E-state index in [4.69, 9.17) is 6.42 Å². The highest BCUT2D eigenvalue weighted by Crippen LogP contribution is 2.19. The summed E-state index contributed by atoms with van der Waals surface area (Å²) in [7, 11) is 0. The highest BCUT2D eigenvalue weighted by atomic mass is 16.3. The van der Waals surface area contributed by atoms with E-state index in [0.717, 1.165) is 31.2 Å². The van der Waals surface area contributed by atoms with E-state index < -0.39 is 0 Å². The molecular weight excluding hydrogens is 184 g/mol. The fourth-order valence-electron chi connectivity index (χ4n) is 1.54. The molecule has 0 bridgehead atoms. The lowest BCUT2D eigenvalue weighted by Crippen LogP contribution is -1.97. The van der Waals surface area contributed by atoms with Gasteiger partial charge in [-0.2, -0.15) is 0 Å². The predicted molar refractivity (Wildman–Crippen MR) is 63.5 cm³/mol. The van der Waals surface area contributed by atoms with E-state index in [-0.39, 0.29) is 6.10 Å². The number of unbranched alkanes of at least 4 members (excludes halogenated alkanes) is 1. The Morgan fingerprint density at radius 2 is 2.00 bits per heavy atom. The van der Waals surface area contributed by atoms with E-state index in [1.165, 1.54) is 5.56 Å². The zero-order chi connectivity index (χ0) is 11.1. The van der Waals surface area contributed by atoms with E-state index in [1.807, 2.05) is 12.1 Å². The summed E-state index contributed by atoms with van der Waals surface area (Å²) in [6.07, 6.45) is 8.19. The lowest BCUT2D eigenvalue weighted by molar-refractivity contribution is 0.165. The van der Waals surface area contributed by atoms with E-state index in [9.17, 15) is 5.11 Å². The fraction of sp³-hybridized carbons (Fsp3) is 0.429. The Morgan fingerprint density at radius 1 is 1.33 bits per heavy atom. The van der Waals surface area contributed by atoms with Crippen LogP contribution >= 0.6 is 0 Å². The van der Waals surface area contributed by atoms with Crippen molar-refractivity contribution in [2.24, 2.45) is 0 Å². The zero-order valence-corrected chi connectivity index (χ0v) is 9.24. The minimum Gasteiger partial charge on any atom is -0.388 e. The summed E-state index contributed by atoms with van der Waals surface area (Å²) in [5.41, 5.74) is 2.29. The highest BCUT2D eigenvalue weighted by molar-refractivity contribution is 5.24. The van der Waals surface area contributed by atoms with Crippen molar-refractivity contribution in [1.29, 1.82) is 0 Å². The van der Waals surface area contributed by atoms with Crippen molar-refractivity contribution in [3.8, 4) is 12.3 Å². The molecule has 1 atom stereocenters.